The van der Waals surface area contributed by atoms with Crippen LogP contribution in [0.1, 0.15) is 37.5 Å². The van der Waals surface area contributed by atoms with Crippen LogP contribution >= 0.6 is 0 Å². The number of hydrogen-bond donors (Lipinski definition) is 2. The molecule has 0 saturated heterocycles. The van der Waals surface area contributed by atoms with Gasteiger partial charge in [-0.2, -0.15) is 0 Å². The quantitative estimate of drug-likeness (QED) is 0.830. The zero-order valence-corrected chi connectivity index (χ0v) is 10.8. The maximum atomic E-state index is 11.0. The van der Waals surface area contributed by atoms with Crippen molar-refractivity contribution in [3.8, 4) is 0 Å². The lowest BCUT2D eigenvalue weighted by Gasteiger charge is -2.35. The van der Waals surface area contributed by atoms with Crippen LogP contribution in [0.4, 0.5) is 5.69 Å². The van der Waals surface area contributed by atoms with Crippen LogP contribution in [0.25, 0.3) is 0 Å². The molecular weight excluding hydrogens is 200 g/mol. The van der Waals surface area contributed by atoms with Crippen molar-refractivity contribution in [1.82, 2.24) is 4.98 Å². The average Bonchev–Trinajstić information content (AvgIpc) is 2.14. The van der Waals surface area contributed by atoms with Gasteiger partial charge in [-0.1, -0.05) is 34.6 Å². The van der Waals surface area contributed by atoms with Gasteiger partial charge in [0.15, 0.2) is 0 Å². The molecule has 0 spiro atoms. The highest BCUT2D eigenvalue weighted by atomic mass is 16.1. The second kappa shape index (κ2) is 4.73. The van der Waals surface area contributed by atoms with E-state index in [0.717, 1.165) is 5.69 Å². The van der Waals surface area contributed by atoms with E-state index in [1.165, 1.54) is 0 Å². The number of hydrogen-bond acceptors (Lipinski definition) is 2. The number of rotatable bonds is 3. The predicted octanol–water partition coefficient (Wildman–Crippen LogP) is 3.35. The summed E-state index contributed by atoms with van der Waals surface area (Å²) in [7, 11) is 0. The molecule has 0 radical (unpaired) electrons. The smallest absolute Gasteiger partial charge is 0.248 e. The van der Waals surface area contributed by atoms with Crippen LogP contribution in [0.2, 0.25) is 0 Å². The summed E-state index contributed by atoms with van der Waals surface area (Å²) in [6.45, 7) is 11.1. The summed E-state index contributed by atoms with van der Waals surface area (Å²) in [5, 5.41) is 3.48. The van der Waals surface area contributed by atoms with E-state index in [1.54, 1.807) is 12.3 Å². The van der Waals surface area contributed by atoms with Gasteiger partial charge in [-0.15, -0.1) is 0 Å². The first-order chi connectivity index (χ1) is 7.30. The van der Waals surface area contributed by atoms with Gasteiger partial charge >= 0.3 is 0 Å². The molecule has 1 aromatic heterocycles. The van der Waals surface area contributed by atoms with Crippen molar-refractivity contribution in [3.05, 3.63) is 28.7 Å². The monoisotopic (exact) mass is 226 g/mol. The Morgan fingerprint density at radius 1 is 1.31 bits per heavy atom. The molecule has 0 aliphatic carbocycles. The zero-order chi connectivity index (χ0) is 12.3. The fraction of sp³-hybridized carbons (Fsp3) is 0.615. The van der Waals surface area contributed by atoms with Crippen molar-refractivity contribution >= 4 is 5.69 Å². The number of nitrogens with one attached hydrogen (secondary N) is 2. The lowest BCUT2D eigenvalue weighted by atomic mass is 9.80. The summed E-state index contributed by atoms with van der Waals surface area (Å²) in [4.78, 5) is 13.6. The second-order valence-corrected chi connectivity index (χ2v) is 5.67. The third kappa shape index (κ3) is 3.40. The molecule has 2 N–H and O–H groups in total. The lowest BCUT2D eigenvalue weighted by Crippen LogP contribution is -2.38. The zero-order valence-electron chi connectivity index (χ0n) is 10.8. The summed E-state index contributed by atoms with van der Waals surface area (Å²) in [6, 6.07) is 3.74. The molecule has 94 valence electrons. The van der Waals surface area contributed by atoms with E-state index < -0.39 is 0 Å². The van der Waals surface area contributed by atoms with Crippen LogP contribution < -0.4 is 10.9 Å². The Balaban J connectivity index is 0. The van der Waals surface area contributed by atoms with Crippen LogP contribution in [0.3, 0.4) is 0 Å². The molecule has 16 heavy (non-hydrogen) atoms. The van der Waals surface area contributed by atoms with Gasteiger partial charge in [0.25, 0.3) is 0 Å². The molecule has 1 atom stereocenters. The number of anilines is 1. The predicted molar refractivity (Wildman–Crippen MR) is 73.0 cm³/mol. The fourth-order valence-corrected chi connectivity index (χ4v) is 2.06. The molecule has 1 aromatic rings. The summed E-state index contributed by atoms with van der Waals surface area (Å²) < 4.78 is 0. The topological polar surface area (TPSA) is 44.9 Å². The Morgan fingerprint density at radius 2 is 1.94 bits per heavy atom. The Hall–Kier alpha value is -1.25. The van der Waals surface area contributed by atoms with Crippen molar-refractivity contribution in [2.45, 2.75) is 40.7 Å². The maximum absolute atomic E-state index is 11.0. The van der Waals surface area contributed by atoms with Crippen molar-refractivity contribution in [2.75, 3.05) is 5.32 Å². The van der Waals surface area contributed by atoms with Crippen LogP contribution in [-0.2, 0) is 0 Å². The molecule has 0 bridgehead atoms. The summed E-state index contributed by atoms with van der Waals surface area (Å²) in [5.41, 5.74) is 1.08. The molecule has 0 aliphatic heterocycles. The molecule has 0 unspecified atom stereocenters. The Bertz CT molecular complexity index is 376. The van der Waals surface area contributed by atoms with E-state index in [1.807, 2.05) is 6.07 Å². The molecule has 0 fully saturated rings. The van der Waals surface area contributed by atoms with Gasteiger partial charge in [0, 0.05) is 21.2 Å². The molecule has 1 heterocycles. The first-order valence-electron chi connectivity index (χ1n) is 5.76. The minimum atomic E-state index is -0.0672. The van der Waals surface area contributed by atoms with Gasteiger partial charge in [-0.25, -0.2) is 0 Å². The fourth-order valence-electron chi connectivity index (χ4n) is 2.06. The molecule has 0 saturated carbocycles. The highest BCUT2D eigenvalue weighted by molar-refractivity contribution is 5.41. The van der Waals surface area contributed by atoms with E-state index in [-0.39, 0.29) is 13.8 Å². The highest BCUT2D eigenvalue weighted by Gasteiger charge is 2.27. The van der Waals surface area contributed by atoms with Gasteiger partial charge in [0.1, 0.15) is 0 Å². The number of aromatic amines is 1. The van der Waals surface area contributed by atoms with Crippen molar-refractivity contribution in [3.63, 3.8) is 0 Å². The summed E-state index contributed by atoms with van der Waals surface area (Å²) in [6.07, 6.45) is 1.73. The third-order valence-corrected chi connectivity index (χ3v) is 2.71. The van der Waals surface area contributed by atoms with Crippen molar-refractivity contribution in [2.24, 2.45) is 11.3 Å². The Labute approximate surface area is 100 Å². The lowest BCUT2D eigenvalue weighted by molar-refractivity contribution is 0.280. The Morgan fingerprint density at radius 3 is 2.31 bits per heavy atom. The minimum absolute atomic E-state index is 0. The van der Waals surface area contributed by atoms with Crippen molar-refractivity contribution in [1.29, 1.82) is 0 Å². The van der Waals surface area contributed by atoms with E-state index in [2.05, 4.69) is 44.9 Å². The van der Waals surface area contributed by atoms with Gasteiger partial charge in [0.05, 0.1) is 5.69 Å². The van der Waals surface area contributed by atoms with E-state index in [4.69, 9.17) is 0 Å². The first-order valence-corrected chi connectivity index (χ1v) is 5.76. The number of H-pyrrole nitrogens is 1. The SMILES string of the molecule is CC(C)[C@@H](Nc1ccc(=O)[nH]c1)C(C)(C)C.[HH].[HH]. The van der Waals surface area contributed by atoms with Crippen LogP contribution in [0.15, 0.2) is 23.1 Å². The minimum Gasteiger partial charge on any atom is -0.380 e. The summed E-state index contributed by atoms with van der Waals surface area (Å²) >= 11 is 0. The van der Waals surface area contributed by atoms with Gasteiger partial charge in [0.2, 0.25) is 5.56 Å². The van der Waals surface area contributed by atoms with Crippen LogP contribution in [-0.4, -0.2) is 11.0 Å². The molecule has 0 amide bonds. The second-order valence-electron chi connectivity index (χ2n) is 5.67. The van der Waals surface area contributed by atoms with Gasteiger partial charge in [-0.3, -0.25) is 4.79 Å². The highest BCUT2D eigenvalue weighted by Crippen LogP contribution is 2.27. The van der Waals surface area contributed by atoms with E-state index in [9.17, 15) is 4.79 Å². The van der Waals surface area contributed by atoms with E-state index in [0.29, 0.717) is 12.0 Å². The molecule has 0 aliphatic rings. The third-order valence-electron chi connectivity index (χ3n) is 2.71. The van der Waals surface area contributed by atoms with Gasteiger partial charge < -0.3 is 10.3 Å². The first kappa shape index (κ1) is 12.8. The molecular formula is C13H26N2O. The summed E-state index contributed by atoms with van der Waals surface area (Å²) in [5.74, 6) is 0.534. The molecule has 0 aromatic carbocycles. The Kier molecular flexibility index (Phi) is 3.79. The standard InChI is InChI=1S/C13H22N2O.2H2/c1-9(2)12(13(3,4)5)15-10-6-7-11(16)14-8-10;;/h6-9,12,15H,1-5H3,(H,14,16);2*1H/t12-;;/m1../s1. The molecule has 3 nitrogen and oxygen atoms in total. The average molecular weight is 226 g/mol. The largest absolute Gasteiger partial charge is 0.380 e. The van der Waals surface area contributed by atoms with Crippen LogP contribution in [0, 0.1) is 11.3 Å². The molecule has 3 heteroatoms. The normalized spacial score (nSPS) is 13.9. The molecule has 1 rings (SSSR count). The number of pyridine rings is 1. The maximum Gasteiger partial charge on any atom is 0.248 e. The van der Waals surface area contributed by atoms with Gasteiger partial charge in [-0.05, 0) is 17.4 Å². The van der Waals surface area contributed by atoms with Crippen molar-refractivity contribution < 1.29 is 2.85 Å². The van der Waals surface area contributed by atoms with E-state index >= 15 is 0 Å². The number of aromatic nitrogens is 1. The van der Waals surface area contributed by atoms with Crippen LogP contribution in [0.5, 0.6) is 0 Å².